The summed E-state index contributed by atoms with van der Waals surface area (Å²) in [5.74, 6) is 0.0125. The zero-order chi connectivity index (χ0) is 28.9. The van der Waals surface area contributed by atoms with Crippen molar-refractivity contribution in [3.8, 4) is 28.6 Å². The lowest BCUT2D eigenvalue weighted by molar-refractivity contribution is 0.0383. The van der Waals surface area contributed by atoms with Crippen LogP contribution in [0.2, 0.25) is 0 Å². The van der Waals surface area contributed by atoms with Gasteiger partial charge in [-0.3, -0.25) is 19.2 Å². The highest BCUT2D eigenvalue weighted by Crippen LogP contribution is 2.38. The van der Waals surface area contributed by atoms with Crippen molar-refractivity contribution in [1.82, 2.24) is 34.8 Å². The van der Waals surface area contributed by atoms with Crippen LogP contribution in [0.25, 0.3) is 17.1 Å². The molecule has 0 atom stereocenters. The summed E-state index contributed by atoms with van der Waals surface area (Å²) >= 11 is 0. The molecule has 0 aliphatic carbocycles. The van der Waals surface area contributed by atoms with Crippen LogP contribution in [0.4, 0.5) is 0 Å². The molecular weight excluding hydrogens is 522 g/mol. The maximum absolute atomic E-state index is 13.4. The van der Waals surface area contributed by atoms with Crippen LogP contribution in [0.5, 0.6) is 11.5 Å². The number of nitrogens with zero attached hydrogens (tertiary/aromatic N) is 6. The summed E-state index contributed by atoms with van der Waals surface area (Å²) in [6.07, 6.45) is 0. The maximum Gasteiger partial charge on any atom is 0.289 e. The average Bonchev–Trinajstić information content (AvgIpc) is 3.40. The van der Waals surface area contributed by atoms with Crippen molar-refractivity contribution in [2.24, 2.45) is 0 Å². The lowest BCUT2D eigenvalue weighted by Gasteiger charge is -2.32. The number of hydrogen-bond acceptors (Lipinski definition) is 9. The largest absolute Gasteiger partial charge is 0.508 e. The molecule has 3 aromatic rings. The fourth-order valence-electron chi connectivity index (χ4n) is 5.33. The van der Waals surface area contributed by atoms with Crippen molar-refractivity contribution in [2.75, 3.05) is 72.6 Å². The summed E-state index contributed by atoms with van der Waals surface area (Å²) < 4.78 is 7.09. The molecule has 5 rings (SSSR count). The van der Waals surface area contributed by atoms with Crippen molar-refractivity contribution >= 4 is 5.91 Å². The third kappa shape index (κ3) is 6.87. The SMILES string of the molecule is CC(C)c1cc(-c2nnc(C(=O)NCCN3CCOCC3)n2-c2ccc(CN3CCN(C)CC3)cc2)c(O)cc1O. The van der Waals surface area contributed by atoms with E-state index < -0.39 is 0 Å². The van der Waals surface area contributed by atoms with E-state index in [2.05, 4.69) is 49.4 Å². The molecule has 1 aromatic heterocycles. The van der Waals surface area contributed by atoms with E-state index in [1.54, 1.807) is 10.6 Å². The van der Waals surface area contributed by atoms with E-state index >= 15 is 0 Å². The minimum Gasteiger partial charge on any atom is -0.508 e. The Morgan fingerprint density at radius 1 is 0.951 bits per heavy atom. The highest BCUT2D eigenvalue weighted by atomic mass is 16.5. The molecule has 0 spiro atoms. The Morgan fingerprint density at radius 3 is 2.34 bits per heavy atom. The quantitative estimate of drug-likeness (QED) is 0.360. The van der Waals surface area contributed by atoms with Crippen LogP contribution in [-0.4, -0.2) is 118 Å². The lowest BCUT2D eigenvalue weighted by Crippen LogP contribution is -2.43. The molecule has 0 radical (unpaired) electrons. The Balaban J connectivity index is 1.44. The normalized spacial score (nSPS) is 17.3. The van der Waals surface area contributed by atoms with Gasteiger partial charge in [0, 0.05) is 70.7 Å². The fourth-order valence-corrected chi connectivity index (χ4v) is 5.33. The molecule has 2 saturated heterocycles. The fraction of sp³-hybridized carbons (Fsp3) is 0.500. The summed E-state index contributed by atoms with van der Waals surface area (Å²) in [6, 6.07) is 11.1. The smallest absolute Gasteiger partial charge is 0.289 e. The van der Waals surface area contributed by atoms with Gasteiger partial charge in [-0.2, -0.15) is 0 Å². The number of ether oxygens (including phenoxy) is 1. The Labute approximate surface area is 241 Å². The van der Waals surface area contributed by atoms with Crippen LogP contribution in [0.1, 0.15) is 41.5 Å². The van der Waals surface area contributed by atoms with Crippen LogP contribution in [0.3, 0.4) is 0 Å². The van der Waals surface area contributed by atoms with Gasteiger partial charge in [-0.15, -0.1) is 10.2 Å². The molecule has 11 nitrogen and oxygen atoms in total. The molecular formula is C30H41N7O4. The van der Waals surface area contributed by atoms with Crippen LogP contribution in [-0.2, 0) is 11.3 Å². The van der Waals surface area contributed by atoms with Gasteiger partial charge in [-0.25, -0.2) is 0 Å². The van der Waals surface area contributed by atoms with Gasteiger partial charge in [0.05, 0.1) is 18.8 Å². The third-order valence-electron chi connectivity index (χ3n) is 7.89. The van der Waals surface area contributed by atoms with Crippen LogP contribution >= 0.6 is 0 Å². The number of aromatic hydroxyl groups is 2. The van der Waals surface area contributed by atoms with Crippen molar-refractivity contribution in [3.05, 3.63) is 53.3 Å². The lowest BCUT2D eigenvalue weighted by atomic mass is 9.98. The number of benzene rings is 2. The van der Waals surface area contributed by atoms with Crippen molar-refractivity contribution in [2.45, 2.75) is 26.3 Å². The number of carbonyl (C=O) groups is 1. The monoisotopic (exact) mass is 563 g/mol. The van der Waals surface area contributed by atoms with Crippen molar-refractivity contribution < 1.29 is 19.7 Å². The van der Waals surface area contributed by atoms with Crippen LogP contribution in [0, 0.1) is 0 Å². The molecule has 0 saturated carbocycles. The van der Waals surface area contributed by atoms with E-state index in [1.165, 1.54) is 11.6 Å². The number of morpholine rings is 1. The summed E-state index contributed by atoms with van der Waals surface area (Å²) in [6.45, 7) is 13.2. The van der Waals surface area contributed by atoms with Gasteiger partial charge in [0.15, 0.2) is 5.82 Å². The minimum absolute atomic E-state index is 0.0154. The zero-order valence-corrected chi connectivity index (χ0v) is 24.2. The van der Waals surface area contributed by atoms with E-state index in [0.29, 0.717) is 48.9 Å². The Bertz CT molecular complexity index is 1330. The predicted octanol–water partition coefficient (Wildman–Crippen LogP) is 2.28. The molecule has 220 valence electrons. The summed E-state index contributed by atoms with van der Waals surface area (Å²) in [7, 11) is 2.15. The summed E-state index contributed by atoms with van der Waals surface area (Å²) in [5.41, 5.74) is 2.96. The number of hydrogen-bond donors (Lipinski definition) is 3. The van der Waals surface area contributed by atoms with Crippen molar-refractivity contribution in [3.63, 3.8) is 0 Å². The average molecular weight is 564 g/mol. The number of phenols is 2. The first-order valence-corrected chi connectivity index (χ1v) is 14.4. The molecule has 0 bridgehead atoms. The first kappa shape index (κ1) is 29.0. The zero-order valence-electron chi connectivity index (χ0n) is 24.2. The van der Waals surface area contributed by atoms with Crippen LogP contribution in [0.15, 0.2) is 36.4 Å². The Kier molecular flexibility index (Phi) is 9.19. The van der Waals surface area contributed by atoms with E-state index in [4.69, 9.17) is 4.74 Å². The number of piperazine rings is 1. The number of carbonyl (C=O) groups excluding carboxylic acids is 1. The topological polar surface area (TPSA) is 119 Å². The molecule has 0 unspecified atom stereocenters. The Hall–Kier alpha value is -3.51. The van der Waals surface area contributed by atoms with Gasteiger partial charge >= 0.3 is 0 Å². The highest BCUT2D eigenvalue weighted by molar-refractivity contribution is 5.92. The molecule has 11 heteroatoms. The molecule has 2 fully saturated rings. The van der Waals surface area contributed by atoms with Gasteiger partial charge in [0.2, 0.25) is 5.82 Å². The number of nitrogens with one attached hydrogen (secondary N) is 1. The van der Waals surface area contributed by atoms with Gasteiger partial charge in [0.25, 0.3) is 5.91 Å². The van der Waals surface area contributed by atoms with Gasteiger partial charge in [-0.05, 0) is 42.3 Å². The summed E-state index contributed by atoms with van der Waals surface area (Å²) in [4.78, 5) is 20.4. The first-order valence-electron chi connectivity index (χ1n) is 14.4. The standard InChI is InChI=1S/C30H41N7O4/c1-21(2)24-18-25(27(39)19-26(24)38)28-32-33-29(30(40)31-8-9-35-14-16-41-17-15-35)37(28)23-6-4-22(5-7-23)20-36-12-10-34(3)11-13-36/h4-7,18-19,21,38-39H,8-17,20H2,1-3H3,(H,31,40). The second kappa shape index (κ2) is 13.0. The van der Waals surface area contributed by atoms with E-state index in [-0.39, 0.29) is 29.1 Å². The van der Waals surface area contributed by atoms with Crippen molar-refractivity contribution in [1.29, 1.82) is 0 Å². The predicted molar refractivity (Wildman–Crippen MR) is 157 cm³/mol. The highest BCUT2D eigenvalue weighted by Gasteiger charge is 2.25. The molecule has 3 N–H and O–H groups in total. The minimum atomic E-state index is -0.346. The van der Waals surface area contributed by atoms with Crippen LogP contribution < -0.4 is 5.32 Å². The number of phenolic OH excluding ortho intramolecular Hbond substituents is 2. The Morgan fingerprint density at radius 2 is 1.66 bits per heavy atom. The van der Waals surface area contributed by atoms with E-state index in [9.17, 15) is 15.0 Å². The number of rotatable bonds is 9. The maximum atomic E-state index is 13.4. The number of aromatic nitrogens is 3. The molecule has 2 aliphatic rings. The number of likely N-dealkylation sites (N-methyl/N-ethyl adjacent to an activating group) is 1. The molecule has 3 heterocycles. The van der Waals surface area contributed by atoms with E-state index in [1.807, 2.05) is 26.0 Å². The summed E-state index contributed by atoms with van der Waals surface area (Å²) in [5, 5.41) is 32.9. The second-order valence-corrected chi connectivity index (χ2v) is 11.2. The second-order valence-electron chi connectivity index (χ2n) is 11.2. The van der Waals surface area contributed by atoms with Gasteiger partial charge < -0.3 is 25.2 Å². The third-order valence-corrected chi connectivity index (χ3v) is 7.89. The van der Waals surface area contributed by atoms with E-state index in [0.717, 1.165) is 45.8 Å². The molecule has 2 aromatic carbocycles. The molecule has 2 aliphatic heterocycles. The first-order chi connectivity index (χ1) is 19.8. The molecule has 1 amide bonds. The molecule has 41 heavy (non-hydrogen) atoms. The number of amides is 1. The van der Waals surface area contributed by atoms with Gasteiger partial charge in [0.1, 0.15) is 11.5 Å². The van der Waals surface area contributed by atoms with Gasteiger partial charge in [-0.1, -0.05) is 26.0 Å².